The number of aromatic nitrogens is 2. The third-order valence-electron chi connectivity index (χ3n) is 3.33. The van der Waals surface area contributed by atoms with Gasteiger partial charge in [0, 0.05) is 11.6 Å². The van der Waals surface area contributed by atoms with Crippen LogP contribution in [0.3, 0.4) is 0 Å². The Morgan fingerprint density at radius 1 is 1.50 bits per heavy atom. The number of amides is 1. The maximum atomic E-state index is 12.5. The molecular weight excluding hydrogens is 272 g/mol. The molecule has 1 fully saturated rings. The smallest absolute Gasteiger partial charge is 0.274 e. The molecule has 0 radical (unpaired) electrons. The minimum Gasteiger partial charge on any atom is -0.334 e. The topological polar surface area (TPSA) is 42.0 Å². The highest BCUT2D eigenvalue weighted by molar-refractivity contribution is 7.15. The van der Waals surface area contributed by atoms with Crippen molar-refractivity contribution < 1.29 is 9.69 Å². The molecule has 0 unspecified atom stereocenters. The summed E-state index contributed by atoms with van der Waals surface area (Å²) in [6.45, 7) is 3.51. The SMILES string of the molecule is C[NH+]1CCN(C(=O)c2c(Cl)nc3sccn23)CC1. The van der Waals surface area contributed by atoms with Gasteiger partial charge in [-0.25, -0.2) is 4.98 Å². The molecule has 2 aromatic heterocycles. The van der Waals surface area contributed by atoms with E-state index in [4.69, 9.17) is 11.6 Å². The first kappa shape index (κ1) is 12.0. The number of quaternary nitrogens is 1. The summed E-state index contributed by atoms with van der Waals surface area (Å²) in [7, 11) is 2.14. The summed E-state index contributed by atoms with van der Waals surface area (Å²) in [6.07, 6.45) is 1.84. The molecule has 0 aromatic carbocycles. The van der Waals surface area contributed by atoms with Crippen LogP contribution in [0.15, 0.2) is 11.6 Å². The Bertz CT molecular complexity index is 585. The molecule has 1 amide bonds. The van der Waals surface area contributed by atoms with E-state index in [2.05, 4.69) is 12.0 Å². The molecule has 0 aliphatic carbocycles. The van der Waals surface area contributed by atoms with E-state index in [0.717, 1.165) is 31.1 Å². The van der Waals surface area contributed by atoms with E-state index in [0.29, 0.717) is 10.8 Å². The molecule has 5 nitrogen and oxygen atoms in total. The van der Waals surface area contributed by atoms with E-state index >= 15 is 0 Å². The minimum atomic E-state index is -0.0154. The lowest BCUT2D eigenvalue weighted by molar-refractivity contribution is -0.883. The van der Waals surface area contributed by atoms with Crippen LogP contribution in [0.25, 0.3) is 4.96 Å². The highest BCUT2D eigenvalue weighted by Gasteiger charge is 2.27. The van der Waals surface area contributed by atoms with Crippen molar-refractivity contribution in [1.29, 1.82) is 0 Å². The van der Waals surface area contributed by atoms with Gasteiger partial charge in [0.25, 0.3) is 5.91 Å². The summed E-state index contributed by atoms with van der Waals surface area (Å²) >= 11 is 7.55. The molecule has 1 aliphatic heterocycles. The third-order valence-corrected chi connectivity index (χ3v) is 4.35. The highest BCUT2D eigenvalue weighted by Crippen LogP contribution is 2.22. The predicted molar refractivity (Wildman–Crippen MR) is 70.6 cm³/mol. The number of carbonyl (C=O) groups is 1. The lowest BCUT2D eigenvalue weighted by atomic mass is 10.3. The zero-order valence-electron chi connectivity index (χ0n) is 10.0. The summed E-state index contributed by atoms with van der Waals surface area (Å²) < 4.78 is 1.78. The molecule has 3 heterocycles. The van der Waals surface area contributed by atoms with E-state index in [1.165, 1.54) is 16.2 Å². The molecule has 3 rings (SSSR count). The van der Waals surface area contributed by atoms with Gasteiger partial charge in [-0.2, -0.15) is 0 Å². The Morgan fingerprint density at radius 3 is 2.94 bits per heavy atom. The van der Waals surface area contributed by atoms with Gasteiger partial charge in [0.2, 0.25) is 0 Å². The fourth-order valence-electron chi connectivity index (χ4n) is 2.19. The lowest BCUT2D eigenvalue weighted by Gasteiger charge is -2.29. The van der Waals surface area contributed by atoms with E-state index in [1.807, 2.05) is 16.5 Å². The number of likely N-dealkylation sites (N-methyl/N-ethyl adjacent to an activating group) is 1. The van der Waals surface area contributed by atoms with Gasteiger partial charge in [0.05, 0.1) is 33.2 Å². The van der Waals surface area contributed by atoms with Crippen molar-refractivity contribution in [2.75, 3.05) is 33.2 Å². The van der Waals surface area contributed by atoms with Gasteiger partial charge in [0.15, 0.2) is 15.8 Å². The molecule has 18 heavy (non-hydrogen) atoms. The van der Waals surface area contributed by atoms with Gasteiger partial charge in [-0.15, -0.1) is 11.3 Å². The number of hydrogen-bond acceptors (Lipinski definition) is 3. The first-order valence-corrected chi connectivity index (χ1v) is 7.14. The summed E-state index contributed by atoms with van der Waals surface area (Å²) in [4.78, 5) is 20.8. The predicted octanol–water partition coefficient (Wildman–Crippen LogP) is 0.0197. The van der Waals surface area contributed by atoms with Crippen molar-refractivity contribution in [2.24, 2.45) is 0 Å². The minimum absolute atomic E-state index is 0.0154. The quantitative estimate of drug-likeness (QED) is 0.803. The van der Waals surface area contributed by atoms with Crippen LogP contribution in [0.2, 0.25) is 5.15 Å². The monoisotopic (exact) mass is 285 g/mol. The fourth-order valence-corrected chi connectivity index (χ4v) is 3.21. The number of rotatable bonds is 1. The second kappa shape index (κ2) is 4.53. The van der Waals surface area contributed by atoms with Crippen LogP contribution in [0.1, 0.15) is 10.5 Å². The van der Waals surface area contributed by atoms with Crippen molar-refractivity contribution in [3.05, 3.63) is 22.4 Å². The van der Waals surface area contributed by atoms with Crippen LogP contribution in [0.5, 0.6) is 0 Å². The van der Waals surface area contributed by atoms with Crippen molar-refractivity contribution in [3.63, 3.8) is 0 Å². The van der Waals surface area contributed by atoms with E-state index in [-0.39, 0.29) is 5.91 Å². The van der Waals surface area contributed by atoms with Crippen LogP contribution in [0, 0.1) is 0 Å². The average Bonchev–Trinajstić information content (AvgIpc) is 2.89. The van der Waals surface area contributed by atoms with Crippen molar-refractivity contribution in [2.45, 2.75) is 0 Å². The third kappa shape index (κ3) is 1.90. The standard InChI is InChI=1S/C11H13ClN4OS/c1-14-2-4-15(5-3-14)10(17)8-9(12)13-11-16(8)6-7-18-11/h6-7H,2-5H2,1H3/p+1. The molecular formula is C11H14ClN4OS+. The van der Waals surface area contributed by atoms with Gasteiger partial charge >= 0.3 is 0 Å². The zero-order chi connectivity index (χ0) is 12.7. The number of hydrogen-bond donors (Lipinski definition) is 1. The first-order chi connectivity index (χ1) is 8.66. The average molecular weight is 286 g/mol. The number of imidazole rings is 1. The molecule has 1 saturated heterocycles. The van der Waals surface area contributed by atoms with Gasteiger partial charge < -0.3 is 9.80 Å². The normalized spacial score (nSPS) is 17.6. The summed E-state index contributed by atoms with van der Waals surface area (Å²) in [6, 6.07) is 0. The van der Waals surface area contributed by atoms with Gasteiger partial charge in [0.1, 0.15) is 0 Å². The Morgan fingerprint density at radius 2 is 2.22 bits per heavy atom. The Balaban J connectivity index is 1.92. The molecule has 0 atom stereocenters. The second-order valence-electron chi connectivity index (χ2n) is 4.56. The van der Waals surface area contributed by atoms with Crippen molar-refractivity contribution in [3.8, 4) is 0 Å². The number of halogens is 1. The molecule has 1 aliphatic rings. The molecule has 7 heteroatoms. The van der Waals surface area contributed by atoms with Crippen LogP contribution >= 0.6 is 22.9 Å². The number of carbonyl (C=O) groups excluding carboxylic acids is 1. The van der Waals surface area contributed by atoms with E-state index < -0.39 is 0 Å². The molecule has 1 N–H and O–H groups in total. The van der Waals surface area contributed by atoms with Crippen LogP contribution < -0.4 is 4.90 Å². The number of piperazine rings is 1. The van der Waals surface area contributed by atoms with E-state index in [9.17, 15) is 4.79 Å². The maximum Gasteiger partial charge on any atom is 0.274 e. The van der Waals surface area contributed by atoms with E-state index in [1.54, 1.807) is 4.40 Å². The Hall–Kier alpha value is -1.11. The van der Waals surface area contributed by atoms with Gasteiger partial charge in [-0.05, 0) is 0 Å². The zero-order valence-corrected chi connectivity index (χ0v) is 11.6. The largest absolute Gasteiger partial charge is 0.334 e. The first-order valence-electron chi connectivity index (χ1n) is 5.88. The fraction of sp³-hybridized carbons (Fsp3) is 0.455. The number of thiazole rings is 1. The number of nitrogens with zero attached hydrogens (tertiary/aromatic N) is 3. The highest BCUT2D eigenvalue weighted by atomic mass is 35.5. The molecule has 0 bridgehead atoms. The Labute approximate surface area is 114 Å². The maximum absolute atomic E-state index is 12.5. The van der Waals surface area contributed by atoms with Gasteiger partial charge in [-0.1, -0.05) is 11.6 Å². The van der Waals surface area contributed by atoms with Crippen LogP contribution in [-0.2, 0) is 0 Å². The summed E-state index contributed by atoms with van der Waals surface area (Å²) in [5, 5.41) is 2.21. The molecule has 0 saturated carbocycles. The number of fused-ring (bicyclic) bond motifs is 1. The van der Waals surface area contributed by atoms with Crippen molar-refractivity contribution >= 4 is 33.8 Å². The molecule has 96 valence electrons. The molecule has 0 spiro atoms. The molecule has 2 aromatic rings. The summed E-state index contributed by atoms with van der Waals surface area (Å²) in [5.41, 5.74) is 0.493. The number of nitrogens with one attached hydrogen (secondary N) is 1. The summed E-state index contributed by atoms with van der Waals surface area (Å²) in [5.74, 6) is -0.0154. The van der Waals surface area contributed by atoms with Crippen LogP contribution in [-0.4, -0.2) is 53.4 Å². The lowest BCUT2D eigenvalue weighted by Crippen LogP contribution is -3.12. The Kier molecular flexibility index (Phi) is 3.01. The second-order valence-corrected chi connectivity index (χ2v) is 5.79. The van der Waals surface area contributed by atoms with Crippen LogP contribution in [0.4, 0.5) is 0 Å². The van der Waals surface area contributed by atoms with Crippen molar-refractivity contribution in [1.82, 2.24) is 14.3 Å². The van der Waals surface area contributed by atoms with Gasteiger partial charge in [-0.3, -0.25) is 9.20 Å².